The van der Waals surface area contributed by atoms with Crippen LogP contribution in [0.3, 0.4) is 0 Å². The lowest BCUT2D eigenvalue weighted by atomic mass is 10.1. The van der Waals surface area contributed by atoms with Gasteiger partial charge in [-0.3, -0.25) is 0 Å². The molecule has 4 heteroatoms. The highest BCUT2D eigenvalue weighted by molar-refractivity contribution is 7.27. The molecule has 0 saturated carbocycles. The molecular weight excluding hydrogens is 489 g/mol. The molecule has 0 unspecified atom stereocenters. The standard InChI is InChI=1S/C14H8S2.2C8H6S/c1-2-4-11-10(3-1)13-12(16-11)6-5-9-7-8-15-14(9)13;2*1-2-4-8-7(3-1)5-6-9-8/h1-8H;2*1-6H. The van der Waals surface area contributed by atoms with Crippen LogP contribution in [0.25, 0.3) is 50.4 Å². The molecule has 4 aromatic heterocycles. The van der Waals surface area contributed by atoms with Gasteiger partial charge in [0.15, 0.2) is 0 Å². The van der Waals surface area contributed by atoms with Crippen LogP contribution >= 0.6 is 45.3 Å². The second-order valence-electron chi connectivity index (χ2n) is 7.79. The summed E-state index contributed by atoms with van der Waals surface area (Å²) in [5.41, 5.74) is 0. The first-order chi connectivity index (χ1) is 16.9. The van der Waals surface area contributed by atoms with Crippen molar-refractivity contribution < 1.29 is 0 Å². The van der Waals surface area contributed by atoms with Crippen molar-refractivity contribution >= 4 is 95.8 Å². The second-order valence-corrected chi connectivity index (χ2v) is 11.7. The molecule has 8 aromatic rings. The minimum absolute atomic E-state index is 1.35. The molecule has 4 heterocycles. The topological polar surface area (TPSA) is 0 Å². The fourth-order valence-electron chi connectivity index (χ4n) is 4.05. The molecular formula is C30H20S4. The first-order valence-electron chi connectivity index (χ1n) is 11.0. The average Bonchev–Trinajstić information content (AvgIpc) is 3.68. The lowest BCUT2D eigenvalue weighted by molar-refractivity contribution is 1.86. The van der Waals surface area contributed by atoms with E-state index in [9.17, 15) is 0 Å². The van der Waals surface area contributed by atoms with E-state index in [1.165, 1.54) is 50.4 Å². The van der Waals surface area contributed by atoms with Gasteiger partial charge in [0.2, 0.25) is 0 Å². The fourth-order valence-corrected chi connectivity index (χ4v) is 7.77. The normalized spacial score (nSPS) is 10.9. The Hall–Kier alpha value is -3.02. The molecule has 164 valence electrons. The third kappa shape index (κ3) is 4.26. The van der Waals surface area contributed by atoms with Crippen LogP contribution in [0.1, 0.15) is 0 Å². The van der Waals surface area contributed by atoms with E-state index >= 15 is 0 Å². The van der Waals surface area contributed by atoms with Crippen molar-refractivity contribution in [3.8, 4) is 0 Å². The van der Waals surface area contributed by atoms with Crippen molar-refractivity contribution in [2.45, 2.75) is 0 Å². The molecule has 34 heavy (non-hydrogen) atoms. The average molecular weight is 509 g/mol. The lowest BCUT2D eigenvalue weighted by Crippen LogP contribution is -1.66. The highest BCUT2D eigenvalue weighted by Crippen LogP contribution is 2.40. The summed E-state index contributed by atoms with van der Waals surface area (Å²) in [5.74, 6) is 0. The Morgan fingerprint density at radius 2 is 0.941 bits per heavy atom. The van der Waals surface area contributed by atoms with Gasteiger partial charge in [-0.25, -0.2) is 0 Å². The molecule has 0 aliphatic carbocycles. The second kappa shape index (κ2) is 9.69. The molecule has 0 aliphatic heterocycles. The van der Waals surface area contributed by atoms with Gasteiger partial charge in [0.25, 0.3) is 0 Å². The van der Waals surface area contributed by atoms with Gasteiger partial charge in [0, 0.05) is 34.3 Å². The minimum Gasteiger partial charge on any atom is -0.144 e. The highest BCUT2D eigenvalue weighted by atomic mass is 32.1. The maximum atomic E-state index is 2.25. The number of fused-ring (bicyclic) bond motifs is 7. The summed E-state index contributed by atoms with van der Waals surface area (Å²) in [5, 5.41) is 13.3. The molecule has 0 radical (unpaired) electrons. The minimum atomic E-state index is 1.35. The molecule has 4 aromatic carbocycles. The van der Waals surface area contributed by atoms with Gasteiger partial charge in [0.1, 0.15) is 0 Å². The van der Waals surface area contributed by atoms with Gasteiger partial charge in [0.05, 0.1) is 0 Å². The molecule has 0 atom stereocenters. The van der Waals surface area contributed by atoms with E-state index < -0.39 is 0 Å². The first kappa shape index (κ1) is 21.5. The monoisotopic (exact) mass is 508 g/mol. The Balaban J connectivity index is 0.000000103. The van der Waals surface area contributed by atoms with Gasteiger partial charge < -0.3 is 0 Å². The predicted octanol–water partition coefficient (Wildman–Crippen LogP) is 11.1. The van der Waals surface area contributed by atoms with Crippen molar-refractivity contribution in [3.05, 3.63) is 119 Å². The van der Waals surface area contributed by atoms with Crippen molar-refractivity contribution in [1.29, 1.82) is 0 Å². The van der Waals surface area contributed by atoms with E-state index in [0.29, 0.717) is 0 Å². The van der Waals surface area contributed by atoms with E-state index in [1.54, 1.807) is 22.7 Å². The van der Waals surface area contributed by atoms with E-state index in [-0.39, 0.29) is 0 Å². The zero-order chi connectivity index (χ0) is 22.7. The molecule has 0 saturated heterocycles. The summed E-state index contributed by atoms with van der Waals surface area (Å²) >= 11 is 7.30. The number of thiophene rings is 4. The maximum Gasteiger partial charge on any atom is 0.0435 e. The molecule has 0 N–H and O–H groups in total. The molecule has 0 amide bonds. The van der Waals surface area contributed by atoms with Crippen LogP contribution in [0.2, 0.25) is 0 Å². The summed E-state index contributed by atoms with van der Waals surface area (Å²) in [7, 11) is 0. The Morgan fingerprint density at radius 1 is 0.382 bits per heavy atom. The van der Waals surface area contributed by atoms with Crippen molar-refractivity contribution in [1.82, 2.24) is 0 Å². The molecule has 0 spiro atoms. The van der Waals surface area contributed by atoms with Crippen LogP contribution in [-0.2, 0) is 0 Å². The third-order valence-corrected chi connectivity index (χ3v) is 9.56. The Bertz CT molecular complexity index is 1700. The fraction of sp³-hybridized carbons (Fsp3) is 0. The Labute approximate surface area is 214 Å². The van der Waals surface area contributed by atoms with E-state index in [1.807, 2.05) is 22.7 Å². The Kier molecular flexibility index (Phi) is 6.13. The van der Waals surface area contributed by atoms with E-state index in [2.05, 4.69) is 119 Å². The molecule has 0 bridgehead atoms. The number of benzene rings is 4. The van der Waals surface area contributed by atoms with Gasteiger partial charge in [-0.1, -0.05) is 60.7 Å². The van der Waals surface area contributed by atoms with Crippen LogP contribution in [0, 0.1) is 0 Å². The molecule has 0 aliphatic rings. The maximum absolute atomic E-state index is 2.25. The van der Waals surface area contributed by atoms with Crippen molar-refractivity contribution in [3.63, 3.8) is 0 Å². The third-order valence-electron chi connectivity index (χ3n) is 5.68. The summed E-state index contributed by atoms with van der Waals surface area (Å²) < 4.78 is 6.96. The van der Waals surface area contributed by atoms with Gasteiger partial charge >= 0.3 is 0 Å². The summed E-state index contributed by atoms with van der Waals surface area (Å²) in [6.45, 7) is 0. The predicted molar refractivity (Wildman–Crippen MR) is 158 cm³/mol. The molecule has 0 nitrogen and oxygen atoms in total. The molecule has 8 rings (SSSR count). The largest absolute Gasteiger partial charge is 0.144 e. The zero-order valence-electron chi connectivity index (χ0n) is 18.2. The quantitative estimate of drug-likeness (QED) is 0.191. The highest BCUT2D eigenvalue weighted by Gasteiger charge is 2.08. The SMILES string of the molecule is c1ccc2c(c1)sc1ccc3ccsc3c12.c1ccc2sccc2c1.c1ccc2sccc2c1. The lowest BCUT2D eigenvalue weighted by Gasteiger charge is -1.93. The van der Waals surface area contributed by atoms with Crippen LogP contribution in [0.15, 0.2) is 119 Å². The number of rotatable bonds is 0. The van der Waals surface area contributed by atoms with Crippen LogP contribution in [0.4, 0.5) is 0 Å². The van der Waals surface area contributed by atoms with Crippen LogP contribution in [0.5, 0.6) is 0 Å². The van der Waals surface area contributed by atoms with Crippen molar-refractivity contribution in [2.24, 2.45) is 0 Å². The molecule has 0 fully saturated rings. The first-order valence-corrected chi connectivity index (χ1v) is 14.4. The smallest absolute Gasteiger partial charge is 0.0435 e. The van der Waals surface area contributed by atoms with E-state index in [4.69, 9.17) is 0 Å². The van der Waals surface area contributed by atoms with E-state index in [0.717, 1.165) is 0 Å². The van der Waals surface area contributed by atoms with Gasteiger partial charge in [-0.15, -0.1) is 45.3 Å². The number of hydrogen-bond acceptors (Lipinski definition) is 4. The summed E-state index contributed by atoms with van der Waals surface area (Å²) in [6, 6.07) is 36.4. The summed E-state index contributed by atoms with van der Waals surface area (Å²) in [4.78, 5) is 0. The Morgan fingerprint density at radius 3 is 1.62 bits per heavy atom. The van der Waals surface area contributed by atoms with Crippen LogP contribution < -0.4 is 0 Å². The van der Waals surface area contributed by atoms with Gasteiger partial charge in [-0.2, -0.15) is 0 Å². The van der Waals surface area contributed by atoms with Gasteiger partial charge in [-0.05, 0) is 74.8 Å². The van der Waals surface area contributed by atoms with Crippen LogP contribution in [-0.4, -0.2) is 0 Å². The summed E-state index contributed by atoms with van der Waals surface area (Å²) in [6.07, 6.45) is 0. The number of hydrogen-bond donors (Lipinski definition) is 0. The van der Waals surface area contributed by atoms with Crippen molar-refractivity contribution in [2.75, 3.05) is 0 Å². The zero-order valence-corrected chi connectivity index (χ0v) is 21.4.